The molecule has 0 aliphatic carbocycles. The highest BCUT2D eigenvalue weighted by Gasteiger charge is 2.33. The van der Waals surface area contributed by atoms with Crippen LogP contribution in [-0.2, 0) is 27.9 Å². The van der Waals surface area contributed by atoms with Crippen molar-refractivity contribution in [1.82, 2.24) is 10.6 Å². The van der Waals surface area contributed by atoms with E-state index >= 15 is 0 Å². The van der Waals surface area contributed by atoms with Gasteiger partial charge >= 0.3 is 14.3 Å². The number of hydrogen-bond donors (Lipinski definition) is 2. The Kier molecular flexibility index (Phi) is 5.17. The normalized spacial score (nSPS) is 27.9. The van der Waals surface area contributed by atoms with E-state index < -0.39 is 14.3 Å². The van der Waals surface area contributed by atoms with Crippen molar-refractivity contribution in [2.45, 2.75) is 12.2 Å². The van der Waals surface area contributed by atoms with Gasteiger partial charge in [0.25, 0.3) is 0 Å². The van der Waals surface area contributed by atoms with Crippen molar-refractivity contribution in [3.05, 3.63) is 0 Å². The Hall–Kier alpha value is -1.12. The molecule has 10 heteroatoms. The number of nitrogens with one attached hydrogen (secondary N) is 2. The molecule has 0 saturated carbocycles. The van der Waals surface area contributed by atoms with Gasteiger partial charge in [0, 0.05) is 4.57 Å². The highest BCUT2D eigenvalue weighted by molar-refractivity contribution is 7.33. The summed E-state index contributed by atoms with van der Waals surface area (Å²) in [6.07, 6.45) is 0.259. The lowest BCUT2D eigenvalue weighted by atomic mass is 10.5. The number of ether oxygens (including phenoxy) is 2. The van der Waals surface area contributed by atoms with E-state index in [4.69, 9.17) is 18.5 Å². The van der Waals surface area contributed by atoms with Gasteiger partial charge in [-0.05, 0) is 0 Å². The van der Waals surface area contributed by atoms with Crippen molar-refractivity contribution >= 4 is 20.2 Å². The second kappa shape index (κ2) is 6.88. The molecule has 3 heterocycles. The second-order valence-corrected chi connectivity index (χ2v) is 4.92. The molecule has 0 bridgehead atoms. The molecule has 3 amide bonds. The molecule has 106 valence electrons. The Labute approximate surface area is 109 Å². The maximum Gasteiger partial charge on any atom is 0.697 e. The topological polar surface area (TPSA) is 119 Å². The molecule has 2 unspecified atom stereocenters. The molecule has 0 aromatic heterocycles. The zero-order chi connectivity index (χ0) is 13.7. The Balaban J connectivity index is 0.000000163. The summed E-state index contributed by atoms with van der Waals surface area (Å²) in [5.74, 6) is -0.259. The summed E-state index contributed by atoms with van der Waals surface area (Å²) < 4.78 is 30.3. The van der Waals surface area contributed by atoms with Gasteiger partial charge in [-0.1, -0.05) is 0 Å². The van der Waals surface area contributed by atoms with Gasteiger partial charge in [-0.3, -0.25) is 10.1 Å². The van der Waals surface area contributed by atoms with E-state index in [-0.39, 0.29) is 24.7 Å². The van der Waals surface area contributed by atoms with Gasteiger partial charge in [0.1, 0.15) is 25.4 Å². The maximum atomic E-state index is 10.9. The van der Waals surface area contributed by atoms with Crippen molar-refractivity contribution in [3.8, 4) is 0 Å². The summed E-state index contributed by atoms with van der Waals surface area (Å²) in [7, 11) is -1.98. The van der Waals surface area contributed by atoms with Gasteiger partial charge in [0.15, 0.2) is 0 Å². The fourth-order valence-corrected chi connectivity index (χ4v) is 1.68. The van der Waals surface area contributed by atoms with Crippen molar-refractivity contribution in [2.24, 2.45) is 0 Å². The number of amides is 3. The molecular formula is C9H14N2O7P+. The predicted octanol–water partition coefficient (Wildman–Crippen LogP) is -0.700. The van der Waals surface area contributed by atoms with Crippen LogP contribution in [0.25, 0.3) is 0 Å². The highest BCUT2D eigenvalue weighted by Crippen LogP contribution is 2.27. The maximum absolute atomic E-state index is 10.9. The van der Waals surface area contributed by atoms with Crippen LogP contribution >= 0.6 is 8.25 Å². The van der Waals surface area contributed by atoms with Gasteiger partial charge in [0.2, 0.25) is 5.91 Å². The predicted molar refractivity (Wildman–Crippen MR) is 60.5 cm³/mol. The lowest BCUT2D eigenvalue weighted by Crippen LogP contribution is -2.22. The van der Waals surface area contributed by atoms with Crippen LogP contribution < -0.4 is 10.6 Å². The third kappa shape index (κ3) is 6.55. The summed E-state index contributed by atoms with van der Waals surface area (Å²) in [6.45, 7) is 2.25. The molecule has 2 atom stereocenters. The van der Waals surface area contributed by atoms with Crippen LogP contribution in [0.3, 0.4) is 0 Å². The Morgan fingerprint density at radius 1 is 1.16 bits per heavy atom. The average Bonchev–Trinajstić information content (AvgIpc) is 3.27. The standard InChI is InChI=1S/C6H10O5P.C3H4N2O2/c7-12(10-3-5-1-8-5)11-4-6-2-9-6;6-2-1-4-3(7)5-2/h5-6H,1-4H2;1H2,(H2,4,5,6,7)/q+1;. The first-order valence-corrected chi connectivity index (χ1v) is 6.77. The minimum atomic E-state index is -1.98. The van der Waals surface area contributed by atoms with Crippen LogP contribution in [0.5, 0.6) is 0 Å². The summed E-state index contributed by atoms with van der Waals surface area (Å²) in [4.78, 5) is 20.1. The first-order valence-electron chi connectivity index (χ1n) is 5.67. The molecule has 0 spiro atoms. The number of carbonyl (C=O) groups excluding carboxylic acids is 2. The van der Waals surface area contributed by atoms with E-state index in [1.165, 1.54) is 0 Å². The summed E-state index contributed by atoms with van der Waals surface area (Å²) in [6, 6.07) is -0.398. The van der Waals surface area contributed by atoms with Crippen molar-refractivity contribution in [3.63, 3.8) is 0 Å². The molecule has 0 radical (unpaired) electrons. The highest BCUT2D eigenvalue weighted by atomic mass is 31.1. The number of carbonyl (C=O) groups is 2. The molecular weight excluding hydrogens is 279 g/mol. The SMILES string of the molecule is O=C1CNC(=O)N1.O=[P+](OCC1CO1)OCC1CO1. The van der Waals surface area contributed by atoms with Crippen LogP contribution in [0.4, 0.5) is 4.79 Å². The van der Waals surface area contributed by atoms with Crippen molar-refractivity contribution in [1.29, 1.82) is 0 Å². The zero-order valence-corrected chi connectivity index (χ0v) is 10.9. The first kappa shape index (κ1) is 14.3. The first-order chi connectivity index (χ1) is 9.13. The molecule has 2 N–H and O–H groups in total. The van der Waals surface area contributed by atoms with E-state index in [2.05, 4.69) is 5.32 Å². The van der Waals surface area contributed by atoms with E-state index in [0.29, 0.717) is 26.4 Å². The Bertz CT molecular complexity index is 338. The average molecular weight is 293 g/mol. The van der Waals surface area contributed by atoms with E-state index in [1.807, 2.05) is 5.32 Å². The fourth-order valence-electron chi connectivity index (χ4n) is 1.03. The Morgan fingerprint density at radius 3 is 1.95 bits per heavy atom. The smallest absolute Gasteiger partial charge is 0.370 e. The Morgan fingerprint density at radius 2 is 1.68 bits per heavy atom. The summed E-state index contributed by atoms with van der Waals surface area (Å²) in [5, 5.41) is 4.30. The minimum absolute atomic E-state index is 0.124. The number of hydrogen-bond acceptors (Lipinski definition) is 7. The van der Waals surface area contributed by atoms with Crippen LogP contribution in [-0.4, -0.2) is 57.1 Å². The molecule has 0 aromatic rings. The quantitative estimate of drug-likeness (QED) is 0.377. The molecule has 3 saturated heterocycles. The minimum Gasteiger partial charge on any atom is -0.370 e. The van der Waals surface area contributed by atoms with Gasteiger partial charge in [-0.15, -0.1) is 9.05 Å². The summed E-state index contributed by atoms with van der Waals surface area (Å²) >= 11 is 0. The van der Waals surface area contributed by atoms with E-state index in [0.717, 1.165) is 0 Å². The monoisotopic (exact) mass is 293 g/mol. The van der Waals surface area contributed by atoms with Gasteiger partial charge in [-0.25, -0.2) is 4.79 Å². The lowest BCUT2D eigenvalue weighted by molar-refractivity contribution is -0.117. The largest absolute Gasteiger partial charge is 0.697 e. The van der Waals surface area contributed by atoms with Gasteiger partial charge < -0.3 is 14.8 Å². The summed E-state index contributed by atoms with van der Waals surface area (Å²) in [5.41, 5.74) is 0. The van der Waals surface area contributed by atoms with E-state index in [1.54, 1.807) is 0 Å². The number of urea groups is 1. The third-order valence-corrected chi connectivity index (χ3v) is 2.92. The number of rotatable bonds is 6. The number of epoxide rings is 2. The molecule has 3 aliphatic rings. The van der Waals surface area contributed by atoms with Crippen LogP contribution in [0.1, 0.15) is 0 Å². The molecule has 3 fully saturated rings. The van der Waals surface area contributed by atoms with Gasteiger partial charge in [0.05, 0.1) is 19.8 Å². The lowest BCUT2D eigenvalue weighted by Gasteiger charge is -1.85. The van der Waals surface area contributed by atoms with Crippen LogP contribution in [0.2, 0.25) is 0 Å². The van der Waals surface area contributed by atoms with Crippen molar-refractivity contribution < 1.29 is 32.7 Å². The molecule has 3 rings (SSSR count). The number of imide groups is 1. The molecule has 0 aromatic carbocycles. The molecule has 3 aliphatic heterocycles. The van der Waals surface area contributed by atoms with E-state index in [9.17, 15) is 14.2 Å². The van der Waals surface area contributed by atoms with Gasteiger partial charge in [-0.2, -0.15) is 0 Å². The van der Waals surface area contributed by atoms with Crippen molar-refractivity contribution in [2.75, 3.05) is 33.0 Å². The zero-order valence-electron chi connectivity index (χ0n) is 10.00. The van der Waals surface area contributed by atoms with Crippen LogP contribution in [0, 0.1) is 0 Å². The molecule has 9 nitrogen and oxygen atoms in total. The third-order valence-electron chi connectivity index (χ3n) is 2.20. The molecule has 19 heavy (non-hydrogen) atoms. The van der Waals surface area contributed by atoms with Crippen LogP contribution in [0.15, 0.2) is 0 Å². The fraction of sp³-hybridized carbons (Fsp3) is 0.778. The second-order valence-electron chi connectivity index (χ2n) is 3.96.